The molecule has 1 fully saturated rings. The molecular formula is C19H23F2N5S. The fourth-order valence-corrected chi connectivity index (χ4v) is 3.31. The Morgan fingerprint density at radius 1 is 1.04 bits per heavy atom. The number of halogens is 2. The van der Waals surface area contributed by atoms with Gasteiger partial charge in [0.1, 0.15) is 11.6 Å². The van der Waals surface area contributed by atoms with Crippen molar-refractivity contribution in [3.05, 3.63) is 54.2 Å². The zero-order valence-electron chi connectivity index (χ0n) is 15.2. The Labute approximate surface area is 163 Å². The van der Waals surface area contributed by atoms with E-state index in [-0.39, 0.29) is 0 Å². The lowest BCUT2D eigenvalue weighted by atomic mass is 10.2. The van der Waals surface area contributed by atoms with Crippen LogP contribution in [0.15, 0.2) is 47.8 Å². The molecule has 0 N–H and O–H groups in total. The predicted molar refractivity (Wildman–Crippen MR) is 106 cm³/mol. The molecule has 1 aromatic carbocycles. The van der Waals surface area contributed by atoms with E-state index in [1.54, 1.807) is 0 Å². The van der Waals surface area contributed by atoms with E-state index >= 15 is 0 Å². The van der Waals surface area contributed by atoms with Gasteiger partial charge in [-0.25, -0.2) is 8.78 Å². The zero-order chi connectivity index (χ0) is 19.2. The Bertz CT molecular complexity index is 877. The van der Waals surface area contributed by atoms with Crippen LogP contribution in [0.2, 0.25) is 0 Å². The summed E-state index contributed by atoms with van der Waals surface area (Å²) in [5.74, 6) is -0.982. The Hall–Kier alpha value is -2.19. The number of benzene rings is 1. The number of piperazine rings is 1. The van der Waals surface area contributed by atoms with E-state index in [2.05, 4.69) is 34.6 Å². The largest absolute Gasteiger partial charge is 0.367 e. The molecule has 0 saturated carbocycles. The summed E-state index contributed by atoms with van der Waals surface area (Å²) in [6.07, 6.45) is 3.02. The Balaban J connectivity index is 0.000000177. The first-order valence-electron chi connectivity index (χ1n) is 8.99. The number of hydrogen-bond donors (Lipinski definition) is 1. The van der Waals surface area contributed by atoms with Gasteiger partial charge in [0.15, 0.2) is 10.8 Å². The summed E-state index contributed by atoms with van der Waals surface area (Å²) in [4.78, 5) is 4.36. The van der Waals surface area contributed by atoms with Gasteiger partial charge >= 0.3 is 0 Å². The second-order valence-corrected chi connectivity index (χ2v) is 6.75. The molecule has 0 bridgehead atoms. The van der Waals surface area contributed by atoms with Gasteiger partial charge in [-0.2, -0.15) is 0 Å². The summed E-state index contributed by atoms with van der Waals surface area (Å²) in [7, 11) is 0. The third-order valence-electron chi connectivity index (χ3n) is 4.46. The SMILES string of the molecule is CCCN1CCN(c2ccc(F)cc2F)CC1.Sc1nnc2ccccn12. The highest BCUT2D eigenvalue weighted by atomic mass is 32.1. The van der Waals surface area contributed by atoms with Crippen molar-refractivity contribution in [3.63, 3.8) is 0 Å². The van der Waals surface area contributed by atoms with Crippen LogP contribution in [0.25, 0.3) is 5.65 Å². The van der Waals surface area contributed by atoms with E-state index in [4.69, 9.17) is 0 Å². The second kappa shape index (κ2) is 9.14. The molecule has 0 spiro atoms. The summed E-state index contributed by atoms with van der Waals surface area (Å²) in [5.41, 5.74) is 1.34. The molecule has 0 amide bonds. The van der Waals surface area contributed by atoms with Crippen LogP contribution in [-0.4, -0.2) is 52.2 Å². The van der Waals surface area contributed by atoms with Gasteiger partial charge in [-0.15, -0.1) is 22.8 Å². The molecule has 4 rings (SSSR count). The number of thiol groups is 1. The number of aromatic nitrogens is 3. The number of fused-ring (bicyclic) bond motifs is 1. The molecule has 144 valence electrons. The molecule has 3 aromatic rings. The zero-order valence-corrected chi connectivity index (χ0v) is 16.1. The summed E-state index contributed by atoms with van der Waals surface area (Å²) in [6, 6.07) is 9.50. The smallest absolute Gasteiger partial charge is 0.192 e. The van der Waals surface area contributed by atoms with Gasteiger partial charge in [0.2, 0.25) is 0 Å². The van der Waals surface area contributed by atoms with Crippen LogP contribution in [0.5, 0.6) is 0 Å². The monoisotopic (exact) mass is 391 g/mol. The van der Waals surface area contributed by atoms with E-state index in [9.17, 15) is 8.78 Å². The molecule has 8 heteroatoms. The first-order valence-corrected chi connectivity index (χ1v) is 9.44. The van der Waals surface area contributed by atoms with Gasteiger partial charge in [0, 0.05) is 38.4 Å². The average molecular weight is 391 g/mol. The minimum atomic E-state index is -0.518. The highest BCUT2D eigenvalue weighted by Gasteiger charge is 2.18. The lowest BCUT2D eigenvalue weighted by molar-refractivity contribution is 0.258. The van der Waals surface area contributed by atoms with Crippen LogP contribution in [0, 0.1) is 11.6 Å². The highest BCUT2D eigenvalue weighted by Crippen LogP contribution is 2.21. The summed E-state index contributed by atoms with van der Waals surface area (Å²) in [6.45, 7) is 6.77. The Morgan fingerprint density at radius 3 is 2.48 bits per heavy atom. The number of rotatable bonds is 3. The number of hydrogen-bond acceptors (Lipinski definition) is 5. The molecule has 1 aliphatic heterocycles. The molecule has 0 unspecified atom stereocenters. The van der Waals surface area contributed by atoms with Crippen molar-refractivity contribution in [2.45, 2.75) is 18.5 Å². The van der Waals surface area contributed by atoms with E-state index < -0.39 is 11.6 Å². The van der Waals surface area contributed by atoms with Gasteiger partial charge in [-0.05, 0) is 37.2 Å². The quantitative estimate of drug-likeness (QED) is 0.694. The molecular weight excluding hydrogens is 368 g/mol. The van der Waals surface area contributed by atoms with Crippen molar-refractivity contribution in [3.8, 4) is 0 Å². The van der Waals surface area contributed by atoms with Crippen LogP contribution in [0.1, 0.15) is 13.3 Å². The topological polar surface area (TPSA) is 36.7 Å². The molecule has 1 saturated heterocycles. The van der Waals surface area contributed by atoms with Crippen LogP contribution in [-0.2, 0) is 0 Å². The average Bonchev–Trinajstić information content (AvgIpc) is 3.05. The van der Waals surface area contributed by atoms with Crippen LogP contribution in [0.4, 0.5) is 14.5 Å². The third kappa shape index (κ3) is 4.95. The van der Waals surface area contributed by atoms with Crippen molar-refractivity contribution in [1.29, 1.82) is 0 Å². The third-order valence-corrected chi connectivity index (χ3v) is 4.76. The van der Waals surface area contributed by atoms with Crippen molar-refractivity contribution in [2.24, 2.45) is 0 Å². The first kappa shape index (κ1) is 19.6. The molecule has 5 nitrogen and oxygen atoms in total. The van der Waals surface area contributed by atoms with Gasteiger partial charge in [-0.1, -0.05) is 13.0 Å². The van der Waals surface area contributed by atoms with E-state index in [1.807, 2.05) is 33.7 Å². The minimum absolute atomic E-state index is 0.464. The first-order chi connectivity index (χ1) is 13.1. The molecule has 0 aliphatic carbocycles. The maximum Gasteiger partial charge on any atom is 0.192 e. The summed E-state index contributed by atoms with van der Waals surface area (Å²) < 4.78 is 28.2. The highest BCUT2D eigenvalue weighted by molar-refractivity contribution is 7.80. The standard InChI is InChI=1S/C13H18F2N2.C6H5N3S/c1-2-5-16-6-8-17(9-7-16)13-4-3-11(14)10-12(13)15;10-6-8-7-5-3-1-2-4-9(5)6/h3-4,10H,2,5-9H2,1H3;1-4H,(H,8,10). The minimum Gasteiger partial charge on any atom is -0.367 e. The molecule has 0 radical (unpaired) electrons. The maximum atomic E-state index is 13.6. The van der Waals surface area contributed by atoms with Gasteiger partial charge < -0.3 is 4.90 Å². The maximum absolute atomic E-state index is 13.6. The lowest BCUT2D eigenvalue weighted by Gasteiger charge is -2.36. The van der Waals surface area contributed by atoms with Crippen molar-refractivity contribution in [1.82, 2.24) is 19.5 Å². The van der Waals surface area contributed by atoms with Crippen molar-refractivity contribution in [2.75, 3.05) is 37.6 Å². The van der Waals surface area contributed by atoms with Crippen LogP contribution >= 0.6 is 12.6 Å². The molecule has 0 atom stereocenters. The summed E-state index contributed by atoms with van der Waals surface area (Å²) in [5, 5.41) is 8.25. The van der Waals surface area contributed by atoms with E-state index in [0.29, 0.717) is 10.8 Å². The number of nitrogens with zero attached hydrogens (tertiary/aromatic N) is 5. The van der Waals surface area contributed by atoms with Crippen molar-refractivity contribution >= 4 is 24.0 Å². The Morgan fingerprint density at radius 2 is 1.81 bits per heavy atom. The van der Waals surface area contributed by atoms with Crippen molar-refractivity contribution < 1.29 is 8.78 Å². The molecule has 3 heterocycles. The van der Waals surface area contributed by atoms with Gasteiger partial charge in [0.25, 0.3) is 0 Å². The summed E-state index contributed by atoms with van der Waals surface area (Å²) >= 11 is 4.09. The van der Waals surface area contributed by atoms with E-state index in [0.717, 1.165) is 50.9 Å². The molecule has 27 heavy (non-hydrogen) atoms. The Kier molecular flexibility index (Phi) is 6.63. The fraction of sp³-hybridized carbons (Fsp3) is 0.368. The van der Waals surface area contributed by atoms with Crippen LogP contribution < -0.4 is 4.90 Å². The lowest BCUT2D eigenvalue weighted by Crippen LogP contribution is -2.46. The number of anilines is 1. The normalized spacial score (nSPS) is 14.9. The second-order valence-electron chi connectivity index (χ2n) is 6.35. The number of pyridine rings is 1. The molecule has 2 aromatic heterocycles. The fourth-order valence-electron chi connectivity index (χ4n) is 3.10. The van der Waals surface area contributed by atoms with E-state index in [1.165, 1.54) is 12.1 Å². The van der Waals surface area contributed by atoms with Gasteiger partial charge in [0.05, 0.1) is 5.69 Å². The van der Waals surface area contributed by atoms with Gasteiger partial charge in [-0.3, -0.25) is 9.30 Å². The van der Waals surface area contributed by atoms with Crippen LogP contribution in [0.3, 0.4) is 0 Å². The predicted octanol–water partition coefficient (Wildman–Crippen LogP) is 3.51. The molecule has 1 aliphatic rings.